The van der Waals surface area contributed by atoms with Crippen LogP contribution in [0.4, 0.5) is 4.39 Å². The van der Waals surface area contributed by atoms with Crippen LogP contribution in [0.25, 0.3) is 11.6 Å². The molecule has 31 heavy (non-hydrogen) atoms. The quantitative estimate of drug-likeness (QED) is 0.278. The molecule has 0 heterocycles. The Morgan fingerprint density at radius 1 is 1.03 bits per heavy atom. The molecule has 3 aromatic rings. The first-order chi connectivity index (χ1) is 14.4. The van der Waals surface area contributed by atoms with Crippen LogP contribution in [0.3, 0.4) is 0 Å². The minimum atomic E-state index is -0.522. The number of rotatable bonds is 8. The highest BCUT2D eigenvalue weighted by Crippen LogP contribution is 2.24. The summed E-state index contributed by atoms with van der Waals surface area (Å²) in [5.74, 6) is -0.692. The number of Topliss-reactive ketones (excluding diaryl/α,β-unsaturated/α-hetero) is 1. The van der Waals surface area contributed by atoms with Crippen molar-refractivity contribution in [3.63, 3.8) is 0 Å². The molecule has 0 radical (unpaired) electrons. The first-order valence-electron chi connectivity index (χ1n) is 9.61. The van der Waals surface area contributed by atoms with Crippen molar-refractivity contribution in [3.05, 3.63) is 119 Å². The third kappa shape index (κ3) is 6.90. The van der Waals surface area contributed by atoms with E-state index >= 15 is 0 Å². The summed E-state index contributed by atoms with van der Waals surface area (Å²) in [5, 5.41) is 0.0479. The topological polar surface area (TPSA) is 20.3 Å². The lowest BCUT2D eigenvalue weighted by molar-refractivity contribution is -0.110. The van der Waals surface area contributed by atoms with Gasteiger partial charge in [-0.15, -0.1) is 12.4 Å². The first kappa shape index (κ1) is 24.5. The van der Waals surface area contributed by atoms with Crippen molar-refractivity contribution >= 4 is 41.4 Å². The molecule has 0 aromatic heterocycles. The summed E-state index contributed by atoms with van der Waals surface area (Å²) >= 11 is 5.79. The Morgan fingerprint density at radius 3 is 2.26 bits per heavy atom. The molecular formula is C26H24Cl2FNO. The van der Waals surface area contributed by atoms with Gasteiger partial charge in [0.05, 0.1) is 5.02 Å². The zero-order valence-electron chi connectivity index (χ0n) is 17.2. The Bertz CT molecular complexity index is 1070. The van der Waals surface area contributed by atoms with Crippen molar-refractivity contribution in [2.24, 2.45) is 0 Å². The lowest BCUT2D eigenvalue weighted by Gasteiger charge is -2.18. The van der Waals surface area contributed by atoms with Gasteiger partial charge in [0.2, 0.25) is 0 Å². The fourth-order valence-corrected chi connectivity index (χ4v) is 3.32. The molecule has 3 aromatic carbocycles. The van der Waals surface area contributed by atoms with Gasteiger partial charge in [-0.05, 0) is 41.9 Å². The maximum absolute atomic E-state index is 13.9. The molecule has 0 fully saturated rings. The van der Waals surface area contributed by atoms with Gasteiger partial charge in [-0.3, -0.25) is 9.69 Å². The van der Waals surface area contributed by atoms with E-state index in [2.05, 4.69) is 6.58 Å². The average Bonchev–Trinajstić information content (AvgIpc) is 2.75. The minimum Gasteiger partial charge on any atom is -0.298 e. The van der Waals surface area contributed by atoms with Gasteiger partial charge in [0.25, 0.3) is 0 Å². The molecule has 160 valence electrons. The summed E-state index contributed by atoms with van der Waals surface area (Å²) in [6.45, 7) is 5.16. The van der Waals surface area contributed by atoms with Crippen LogP contribution in [0.2, 0.25) is 5.02 Å². The van der Waals surface area contributed by atoms with Gasteiger partial charge in [0.15, 0.2) is 5.78 Å². The van der Waals surface area contributed by atoms with Crippen LogP contribution in [-0.4, -0.2) is 24.3 Å². The number of allylic oxidation sites excluding steroid dienone is 1. The van der Waals surface area contributed by atoms with Gasteiger partial charge in [-0.2, -0.15) is 0 Å². The van der Waals surface area contributed by atoms with E-state index in [0.29, 0.717) is 29.8 Å². The number of ketones is 1. The first-order valence-corrected chi connectivity index (χ1v) is 9.99. The van der Waals surface area contributed by atoms with Crippen molar-refractivity contribution in [2.45, 2.75) is 6.54 Å². The predicted molar refractivity (Wildman–Crippen MR) is 130 cm³/mol. The minimum absolute atomic E-state index is 0. The highest BCUT2D eigenvalue weighted by atomic mass is 35.5. The molecular weight excluding hydrogens is 432 g/mol. The number of benzene rings is 3. The van der Waals surface area contributed by atoms with E-state index in [1.165, 1.54) is 12.1 Å². The van der Waals surface area contributed by atoms with Crippen LogP contribution in [0.15, 0.2) is 91.0 Å². The lowest BCUT2D eigenvalue weighted by Crippen LogP contribution is -2.23. The van der Waals surface area contributed by atoms with Crippen molar-refractivity contribution in [3.8, 4) is 0 Å². The number of carbonyl (C=O) groups is 1. The molecule has 0 spiro atoms. The van der Waals surface area contributed by atoms with E-state index < -0.39 is 5.82 Å². The summed E-state index contributed by atoms with van der Waals surface area (Å²) in [6, 6.07) is 23.9. The van der Waals surface area contributed by atoms with E-state index in [1.54, 1.807) is 12.1 Å². The lowest BCUT2D eigenvalue weighted by atomic mass is 9.95. The predicted octanol–water partition coefficient (Wildman–Crippen LogP) is 6.70. The fourth-order valence-electron chi connectivity index (χ4n) is 3.21. The second-order valence-electron chi connectivity index (χ2n) is 7.19. The zero-order chi connectivity index (χ0) is 21.5. The van der Waals surface area contributed by atoms with Crippen LogP contribution < -0.4 is 0 Å². The van der Waals surface area contributed by atoms with Gasteiger partial charge < -0.3 is 0 Å². The van der Waals surface area contributed by atoms with Crippen LogP contribution >= 0.6 is 24.0 Å². The summed E-state index contributed by atoms with van der Waals surface area (Å²) in [4.78, 5) is 15.3. The molecule has 0 atom stereocenters. The number of halogens is 3. The summed E-state index contributed by atoms with van der Waals surface area (Å²) < 4.78 is 13.9. The Morgan fingerprint density at radius 2 is 1.65 bits per heavy atom. The largest absolute Gasteiger partial charge is 0.298 e. The highest BCUT2D eigenvalue weighted by Gasteiger charge is 2.17. The number of nitrogens with zero attached hydrogens (tertiary/aromatic N) is 1. The second kappa shape index (κ2) is 11.6. The maximum atomic E-state index is 13.9. The Kier molecular flexibility index (Phi) is 9.20. The molecule has 0 aliphatic rings. The number of likely N-dealkylation sites (N-methyl/N-ethyl adjacent to an activating group) is 1. The van der Waals surface area contributed by atoms with Crippen LogP contribution in [-0.2, 0) is 11.3 Å². The van der Waals surface area contributed by atoms with Crippen molar-refractivity contribution < 1.29 is 9.18 Å². The smallest absolute Gasteiger partial charge is 0.190 e. The fraction of sp³-hybridized carbons (Fsp3) is 0.115. The monoisotopic (exact) mass is 455 g/mol. The molecule has 0 saturated carbocycles. The van der Waals surface area contributed by atoms with E-state index in [1.807, 2.05) is 72.6 Å². The van der Waals surface area contributed by atoms with Gasteiger partial charge >= 0.3 is 0 Å². The molecule has 2 nitrogen and oxygen atoms in total. The number of carbonyl (C=O) groups excluding carboxylic acids is 1. The molecule has 0 saturated heterocycles. The van der Waals surface area contributed by atoms with E-state index in [9.17, 15) is 9.18 Å². The zero-order valence-corrected chi connectivity index (χ0v) is 18.8. The molecule has 0 bridgehead atoms. The van der Waals surface area contributed by atoms with Crippen molar-refractivity contribution in [1.29, 1.82) is 0 Å². The standard InChI is InChI=1S/C26H23ClFNO.ClH/c1-19(17-29(2)18-20-9-5-3-6-10-20)26(30)23(22-11-7-4-8-12-22)15-21-13-14-24(27)25(28)16-21;/h3-16H,1,17-18H2,2H3;1H/b23-15+;. The molecule has 5 heteroatoms. The van der Waals surface area contributed by atoms with Crippen LogP contribution in [0, 0.1) is 5.82 Å². The second-order valence-corrected chi connectivity index (χ2v) is 7.60. The van der Waals surface area contributed by atoms with Crippen LogP contribution in [0.1, 0.15) is 16.7 Å². The third-order valence-electron chi connectivity index (χ3n) is 4.66. The molecule has 3 rings (SSSR count). The van der Waals surface area contributed by atoms with Gasteiger partial charge in [-0.25, -0.2) is 4.39 Å². The van der Waals surface area contributed by atoms with E-state index in [4.69, 9.17) is 11.6 Å². The normalized spacial score (nSPS) is 11.2. The van der Waals surface area contributed by atoms with Gasteiger partial charge in [0, 0.05) is 24.2 Å². The van der Waals surface area contributed by atoms with Crippen molar-refractivity contribution in [2.75, 3.05) is 13.6 Å². The average molecular weight is 456 g/mol. The molecule has 0 amide bonds. The van der Waals surface area contributed by atoms with Gasteiger partial charge in [0.1, 0.15) is 5.82 Å². The van der Waals surface area contributed by atoms with E-state index in [-0.39, 0.29) is 23.2 Å². The Balaban J connectivity index is 0.00000341. The SMILES string of the molecule is C=C(CN(C)Cc1ccccc1)C(=O)/C(=C/c1ccc(Cl)c(F)c1)c1ccccc1.Cl. The third-order valence-corrected chi connectivity index (χ3v) is 4.97. The molecule has 0 unspecified atom stereocenters. The Hall–Kier alpha value is -2.72. The summed E-state index contributed by atoms with van der Waals surface area (Å²) in [7, 11) is 1.95. The maximum Gasteiger partial charge on any atom is 0.190 e. The summed E-state index contributed by atoms with van der Waals surface area (Å²) in [6.07, 6.45) is 1.68. The van der Waals surface area contributed by atoms with Gasteiger partial charge in [-0.1, -0.05) is 84.9 Å². The van der Waals surface area contributed by atoms with E-state index in [0.717, 1.165) is 11.1 Å². The number of hydrogen-bond acceptors (Lipinski definition) is 2. The molecule has 0 N–H and O–H groups in total. The highest BCUT2D eigenvalue weighted by molar-refractivity contribution is 6.32. The Labute approximate surface area is 194 Å². The number of hydrogen-bond donors (Lipinski definition) is 0. The molecule has 0 aliphatic carbocycles. The summed E-state index contributed by atoms with van der Waals surface area (Å²) in [5.41, 5.74) is 3.42. The van der Waals surface area contributed by atoms with Crippen molar-refractivity contribution in [1.82, 2.24) is 4.90 Å². The van der Waals surface area contributed by atoms with Crippen LogP contribution in [0.5, 0.6) is 0 Å². The molecule has 0 aliphatic heterocycles.